The number of hydrogen-bond acceptors (Lipinski definition) is 3. The molecule has 1 atom stereocenters. The summed E-state index contributed by atoms with van der Waals surface area (Å²) in [5.74, 6) is -0.669. The Morgan fingerprint density at radius 1 is 1.26 bits per heavy atom. The van der Waals surface area contributed by atoms with Crippen molar-refractivity contribution in [2.45, 2.75) is 50.5 Å². The van der Waals surface area contributed by atoms with E-state index in [1.165, 1.54) is 21.6 Å². The molecule has 0 heterocycles. The quantitative estimate of drug-likeness (QED) is 0.154. The minimum absolute atomic E-state index is 0.0720. The zero-order chi connectivity index (χ0) is 19.8. The topological polar surface area (TPSA) is 90.4 Å². The van der Waals surface area contributed by atoms with Crippen molar-refractivity contribution >= 4 is 38.9 Å². The number of nitrogens with zero attached hydrogens (tertiary/aromatic N) is 1. The molecule has 0 saturated heterocycles. The highest BCUT2D eigenvalue weighted by Gasteiger charge is 2.18. The number of aliphatic carboxylic acids is 1. The van der Waals surface area contributed by atoms with Crippen LogP contribution in [-0.4, -0.2) is 33.4 Å². The first-order valence-electron chi connectivity index (χ1n) is 9.33. The highest BCUT2D eigenvalue weighted by Crippen LogP contribution is 2.16. The predicted molar refractivity (Wildman–Crippen MR) is 114 cm³/mol. The number of alkyl halides is 1. The highest BCUT2D eigenvalue weighted by atomic mass is 79.9. The van der Waals surface area contributed by atoms with E-state index in [1.807, 2.05) is 6.07 Å². The van der Waals surface area contributed by atoms with E-state index in [2.05, 4.69) is 53.2 Å². The lowest BCUT2D eigenvalue weighted by atomic mass is 10.0. The van der Waals surface area contributed by atoms with Crippen LogP contribution in [0.2, 0.25) is 0 Å². The van der Waals surface area contributed by atoms with E-state index in [0.29, 0.717) is 6.54 Å². The first-order valence-corrected chi connectivity index (χ1v) is 10.2. The SMILES string of the molecule is CC/C1=c2\cccc\c2=C(/CN(C(=N)CCC(=O)O)C(N)Br)CC/C=C\C1. The number of carboxylic acid groups (broad SMARTS) is 1. The molecule has 0 aromatic heterocycles. The summed E-state index contributed by atoms with van der Waals surface area (Å²) in [6, 6.07) is 8.42. The first kappa shape index (κ1) is 21.4. The molecule has 0 bridgehead atoms. The molecule has 4 N–H and O–H groups in total. The van der Waals surface area contributed by atoms with E-state index in [4.69, 9.17) is 16.2 Å². The Morgan fingerprint density at radius 3 is 2.52 bits per heavy atom. The van der Waals surface area contributed by atoms with Gasteiger partial charge in [0.25, 0.3) is 0 Å². The van der Waals surface area contributed by atoms with Crippen LogP contribution in [0.15, 0.2) is 36.4 Å². The van der Waals surface area contributed by atoms with Crippen LogP contribution in [0.25, 0.3) is 11.1 Å². The van der Waals surface area contributed by atoms with Crippen molar-refractivity contribution in [3.8, 4) is 0 Å². The molecular weight excluding hydrogens is 406 g/mol. The molecule has 1 aliphatic carbocycles. The molecule has 1 aromatic carbocycles. The molecular formula is C21H28BrN3O2. The smallest absolute Gasteiger partial charge is 0.303 e. The lowest BCUT2D eigenvalue weighted by molar-refractivity contribution is -0.136. The van der Waals surface area contributed by atoms with Crippen LogP contribution in [0.5, 0.6) is 0 Å². The van der Waals surface area contributed by atoms with Crippen LogP contribution in [0.3, 0.4) is 0 Å². The summed E-state index contributed by atoms with van der Waals surface area (Å²) in [7, 11) is 0. The van der Waals surface area contributed by atoms with Crippen molar-refractivity contribution < 1.29 is 9.90 Å². The van der Waals surface area contributed by atoms with Gasteiger partial charge < -0.3 is 15.7 Å². The third-order valence-electron chi connectivity index (χ3n) is 4.84. The summed E-state index contributed by atoms with van der Waals surface area (Å²) < 4.78 is 0. The molecule has 0 saturated carbocycles. The summed E-state index contributed by atoms with van der Waals surface area (Å²) in [4.78, 5) is 12.6. The Balaban J connectivity index is 2.48. The van der Waals surface area contributed by atoms with Crippen LogP contribution >= 0.6 is 15.9 Å². The molecule has 1 unspecified atom stereocenters. The van der Waals surface area contributed by atoms with Crippen LogP contribution in [-0.2, 0) is 4.79 Å². The van der Waals surface area contributed by atoms with Gasteiger partial charge in [0.2, 0.25) is 0 Å². The van der Waals surface area contributed by atoms with Gasteiger partial charge in [-0.15, -0.1) is 0 Å². The van der Waals surface area contributed by atoms with E-state index < -0.39 is 11.0 Å². The average molecular weight is 434 g/mol. The molecule has 0 amide bonds. The Hall–Kier alpha value is -1.92. The minimum Gasteiger partial charge on any atom is -0.481 e. The van der Waals surface area contributed by atoms with Gasteiger partial charge >= 0.3 is 5.97 Å². The summed E-state index contributed by atoms with van der Waals surface area (Å²) in [6.07, 6.45) is 8.31. The fourth-order valence-electron chi connectivity index (χ4n) is 3.35. The lowest BCUT2D eigenvalue weighted by Gasteiger charge is -2.29. The normalized spacial score (nSPS) is 20.6. The molecule has 0 aliphatic heterocycles. The first-order chi connectivity index (χ1) is 12.9. The van der Waals surface area contributed by atoms with Gasteiger partial charge in [0, 0.05) is 13.0 Å². The third kappa shape index (κ3) is 6.04. The van der Waals surface area contributed by atoms with Crippen molar-refractivity contribution in [3.63, 3.8) is 0 Å². The van der Waals surface area contributed by atoms with E-state index in [-0.39, 0.29) is 18.7 Å². The van der Waals surface area contributed by atoms with Crippen molar-refractivity contribution in [1.29, 1.82) is 5.41 Å². The summed E-state index contributed by atoms with van der Waals surface area (Å²) in [6.45, 7) is 2.69. The number of hydrogen-bond donors (Lipinski definition) is 3. The van der Waals surface area contributed by atoms with Gasteiger partial charge in [-0.2, -0.15) is 0 Å². The van der Waals surface area contributed by atoms with Crippen LogP contribution in [0.4, 0.5) is 0 Å². The molecule has 2 rings (SSSR count). The van der Waals surface area contributed by atoms with Crippen molar-refractivity contribution in [3.05, 3.63) is 46.9 Å². The molecule has 1 aliphatic rings. The number of amidine groups is 1. The van der Waals surface area contributed by atoms with Crippen molar-refractivity contribution in [2.24, 2.45) is 5.73 Å². The molecule has 6 heteroatoms. The Labute approximate surface area is 168 Å². The van der Waals surface area contributed by atoms with Crippen LogP contribution in [0, 0.1) is 5.41 Å². The second kappa shape index (κ2) is 10.4. The number of allylic oxidation sites excluding steroid dienone is 2. The number of fused-ring (bicyclic) bond motifs is 1. The minimum atomic E-state index is -0.907. The number of carbonyl (C=O) groups is 1. The fourth-order valence-corrected chi connectivity index (χ4v) is 3.74. The molecule has 5 nitrogen and oxygen atoms in total. The molecule has 1 aromatic rings. The van der Waals surface area contributed by atoms with Gasteiger partial charge in [-0.05, 0) is 57.6 Å². The Morgan fingerprint density at radius 2 is 1.93 bits per heavy atom. The summed E-state index contributed by atoms with van der Waals surface area (Å²) in [5.41, 5.74) is 8.68. The standard InChI is InChI=1S/C21H28BrN3O2/c1-2-15-8-4-3-5-9-16(18-11-7-6-10-17(15)18)14-25(21(22)24)19(23)12-13-20(26)27/h3-4,6-7,10-11,21,23H,2,5,8-9,12-14,24H2,1H3,(H,26,27)/b4-3-,17-15-,18-16+,23-19?. The maximum Gasteiger partial charge on any atom is 0.303 e. The van der Waals surface area contributed by atoms with Crippen molar-refractivity contribution in [2.75, 3.05) is 6.54 Å². The van der Waals surface area contributed by atoms with Gasteiger partial charge in [-0.3, -0.25) is 10.2 Å². The van der Waals surface area contributed by atoms with Crippen LogP contribution in [0.1, 0.15) is 45.4 Å². The number of nitrogens with one attached hydrogen (secondary N) is 1. The molecule has 0 radical (unpaired) electrons. The number of carboxylic acids is 1. The Kier molecular flexibility index (Phi) is 8.25. The van der Waals surface area contributed by atoms with Crippen molar-refractivity contribution in [1.82, 2.24) is 4.90 Å². The number of rotatable bonds is 7. The van der Waals surface area contributed by atoms with Gasteiger partial charge in [-0.25, -0.2) is 0 Å². The average Bonchev–Trinajstić information content (AvgIpc) is 2.72. The number of nitrogens with two attached hydrogens (primary N) is 1. The van der Waals surface area contributed by atoms with Gasteiger partial charge in [0.15, 0.2) is 0 Å². The zero-order valence-electron chi connectivity index (χ0n) is 15.7. The molecule has 27 heavy (non-hydrogen) atoms. The predicted octanol–water partition coefficient (Wildman–Crippen LogP) is 2.92. The number of benzene rings is 1. The largest absolute Gasteiger partial charge is 0.481 e. The Bertz CT molecular complexity index is 830. The number of halogens is 1. The van der Waals surface area contributed by atoms with Gasteiger partial charge in [0.05, 0.1) is 12.3 Å². The second-order valence-corrected chi connectivity index (χ2v) is 7.60. The van der Waals surface area contributed by atoms with Crippen LogP contribution < -0.4 is 16.2 Å². The summed E-state index contributed by atoms with van der Waals surface area (Å²) >= 11 is 3.37. The highest BCUT2D eigenvalue weighted by molar-refractivity contribution is 9.09. The lowest BCUT2D eigenvalue weighted by Crippen LogP contribution is -2.44. The molecule has 0 fully saturated rings. The summed E-state index contributed by atoms with van der Waals surface area (Å²) in [5, 5.41) is 19.2. The molecule has 0 spiro atoms. The van der Waals surface area contributed by atoms with E-state index >= 15 is 0 Å². The van der Waals surface area contributed by atoms with E-state index in [0.717, 1.165) is 25.7 Å². The zero-order valence-corrected chi connectivity index (χ0v) is 17.3. The van der Waals surface area contributed by atoms with E-state index in [9.17, 15) is 4.79 Å². The monoisotopic (exact) mass is 433 g/mol. The second-order valence-electron chi connectivity index (χ2n) is 6.66. The van der Waals surface area contributed by atoms with Gasteiger partial charge in [0.1, 0.15) is 5.08 Å². The van der Waals surface area contributed by atoms with Gasteiger partial charge in [-0.1, -0.05) is 48.9 Å². The van der Waals surface area contributed by atoms with E-state index in [1.54, 1.807) is 4.90 Å². The molecule has 146 valence electrons. The fraction of sp³-hybridized carbons (Fsp3) is 0.429. The third-order valence-corrected chi connectivity index (χ3v) is 5.33. The maximum absolute atomic E-state index is 10.9. The maximum atomic E-state index is 10.9.